The van der Waals surface area contributed by atoms with E-state index in [1.165, 1.54) is 4.88 Å². The fraction of sp³-hybridized carbons (Fsp3) is 0.389. The van der Waals surface area contributed by atoms with E-state index in [2.05, 4.69) is 11.4 Å². The standard InChI is InChI=1S/C18H23NO4S/c1-22-15-5-2-3-6-16(15)23-13-18(21)19-10-8-14(9-11-20)17-7-4-12-24-17/h2-7,12,14,20H,8-11,13H2,1H3,(H,19,21)/t14-/m0/s1. The highest BCUT2D eigenvalue weighted by Crippen LogP contribution is 2.27. The molecule has 2 N–H and O–H groups in total. The van der Waals surface area contributed by atoms with Crippen LogP contribution in [0.1, 0.15) is 23.6 Å². The summed E-state index contributed by atoms with van der Waals surface area (Å²) >= 11 is 1.68. The predicted octanol–water partition coefficient (Wildman–Crippen LogP) is 2.81. The first-order valence-electron chi connectivity index (χ1n) is 7.91. The molecule has 1 aromatic carbocycles. The Morgan fingerprint density at radius 3 is 2.67 bits per heavy atom. The third-order valence-corrected chi connectivity index (χ3v) is 4.70. The van der Waals surface area contributed by atoms with Crippen LogP contribution in [-0.2, 0) is 4.79 Å². The van der Waals surface area contributed by atoms with Crippen LogP contribution in [0.5, 0.6) is 11.5 Å². The molecule has 0 fully saturated rings. The fourth-order valence-corrected chi connectivity index (χ4v) is 3.33. The van der Waals surface area contributed by atoms with Crippen LogP contribution in [0.2, 0.25) is 0 Å². The molecule has 0 spiro atoms. The second kappa shape index (κ2) is 9.95. The first-order chi connectivity index (χ1) is 11.7. The zero-order valence-electron chi connectivity index (χ0n) is 13.7. The predicted molar refractivity (Wildman–Crippen MR) is 94.9 cm³/mol. The molecule has 130 valence electrons. The number of aliphatic hydroxyl groups excluding tert-OH is 1. The molecule has 0 aliphatic heterocycles. The Labute approximate surface area is 146 Å². The van der Waals surface area contributed by atoms with Crippen molar-refractivity contribution in [2.24, 2.45) is 0 Å². The van der Waals surface area contributed by atoms with Crippen LogP contribution >= 0.6 is 11.3 Å². The minimum Gasteiger partial charge on any atom is -0.493 e. The highest BCUT2D eigenvalue weighted by atomic mass is 32.1. The van der Waals surface area contributed by atoms with Crippen LogP contribution < -0.4 is 14.8 Å². The molecular formula is C18H23NO4S. The van der Waals surface area contributed by atoms with E-state index in [0.717, 1.165) is 6.42 Å². The Morgan fingerprint density at radius 2 is 2.00 bits per heavy atom. The van der Waals surface area contributed by atoms with Gasteiger partial charge in [-0.3, -0.25) is 4.79 Å². The number of hydrogen-bond acceptors (Lipinski definition) is 5. The SMILES string of the molecule is COc1ccccc1OCC(=O)NCC[C@@H](CCO)c1cccs1. The molecule has 5 nitrogen and oxygen atoms in total. The average Bonchev–Trinajstić information content (AvgIpc) is 3.14. The van der Waals surface area contributed by atoms with Gasteiger partial charge in [0.25, 0.3) is 5.91 Å². The Hall–Kier alpha value is -2.05. The summed E-state index contributed by atoms with van der Waals surface area (Å²) in [5.41, 5.74) is 0. The number of ether oxygens (including phenoxy) is 2. The molecule has 0 saturated carbocycles. The Morgan fingerprint density at radius 1 is 1.21 bits per heavy atom. The summed E-state index contributed by atoms with van der Waals surface area (Å²) in [5, 5.41) is 14.1. The number of aliphatic hydroxyl groups is 1. The zero-order valence-corrected chi connectivity index (χ0v) is 14.6. The van der Waals surface area contributed by atoms with Gasteiger partial charge in [-0.1, -0.05) is 18.2 Å². The summed E-state index contributed by atoms with van der Waals surface area (Å²) < 4.78 is 10.7. The number of nitrogens with one attached hydrogen (secondary N) is 1. The lowest BCUT2D eigenvalue weighted by atomic mass is 10.00. The summed E-state index contributed by atoms with van der Waals surface area (Å²) in [4.78, 5) is 13.2. The fourth-order valence-electron chi connectivity index (χ4n) is 2.43. The van der Waals surface area contributed by atoms with E-state index in [1.807, 2.05) is 23.6 Å². The molecule has 2 rings (SSSR count). The van der Waals surface area contributed by atoms with Crippen molar-refractivity contribution in [3.63, 3.8) is 0 Å². The van der Waals surface area contributed by atoms with Crippen molar-refractivity contribution in [3.8, 4) is 11.5 Å². The second-order valence-electron chi connectivity index (χ2n) is 5.30. The number of para-hydroxylation sites is 2. The van der Waals surface area contributed by atoms with Gasteiger partial charge in [-0.15, -0.1) is 11.3 Å². The van der Waals surface area contributed by atoms with Gasteiger partial charge in [-0.05, 0) is 42.3 Å². The Bertz CT molecular complexity index is 615. The number of methoxy groups -OCH3 is 1. The van der Waals surface area contributed by atoms with Crippen molar-refractivity contribution in [2.45, 2.75) is 18.8 Å². The number of hydrogen-bond donors (Lipinski definition) is 2. The van der Waals surface area contributed by atoms with Crippen molar-refractivity contribution in [1.82, 2.24) is 5.32 Å². The lowest BCUT2D eigenvalue weighted by Crippen LogP contribution is -2.30. The summed E-state index contributed by atoms with van der Waals surface area (Å²) in [6, 6.07) is 11.3. The monoisotopic (exact) mass is 349 g/mol. The summed E-state index contributed by atoms with van der Waals surface area (Å²) in [7, 11) is 1.56. The van der Waals surface area contributed by atoms with Crippen LogP contribution in [-0.4, -0.2) is 37.9 Å². The van der Waals surface area contributed by atoms with Gasteiger partial charge in [0.1, 0.15) is 0 Å². The molecule has 0 aliphatic carbocycles. The summed E-state index contributed by atoms with van der Waals surface area (Å²) in [6.07, 6.45) is 1.50. The van der Waals surface area contributed by atoms with Gasteiger partial charge < -0.3 is 19.9 Å². The maximum absolute atomic E-state index is 11.9. The first kappa shape index (κ1) is 18.3. The normalized spacial score (nSPS) is 11.8. The molecular weight excluding hydrogens is 326 g/mol. The quantitative estimate of drug-likeness (QED) is 0.692. The molecule has 0 saturated heterocycles. The van der Waals surface area contributed by atoms with Crippen molar-refractivity contribution in [2.75, 3.05) is 26.9 Å². The van der Waals surface area contributed by atoms with Crippen molar-refractivity contribution < 1.29 is 19.4 Å². The van der Waals surface area contributed by atoms with Crippen LogP contribution in [0.15, 0.2) is 41.8 Å². The highest BCUT2D eigenvalue weighted by Gasteiger charge is 2.13. The third kappa shape index (κ3) is 5.54. The van der Waals surface area contributed by atoms with E-state index in [1.54, 1.807) is 30.6 Å². The molecule has 1 heterocycles. The van der Waals surface area contributed by atoms with E-state index >= 15 is 0 Å². The topological polar surface area (TPSA) is 67.8 Å². The largest absolute Gasteiger partial charge is 0.493 e. The molecule has 2 aromatic rings. The van der Waals surface area contributed by atoms with Crippen LogP contribution in [0, 0.1) is 0 Å². The number of thiophene rings is 1. The number of benzene rings is 1. The highest BCUT2D eigenvalue weighted by molar-refractivity contribution is 7.10. The second-order valence-corrected chi connectivity index (χ2v) is 6.28. The van der Waals surface area contributed by atoms with Crippen LogP contribution in [0.3, 0.4) is 0 Å². The van der Waals surface area contributed by atoms with Gasteiger partial charge in [-0.2, -0.15) is 0 Å². The maximum atomic E-state index is 11.9. The van der Waals surface area contributed by atoms with Gasteiger partial charge in [0.15, 0.2) is 18.1 Å². The molecule has 0 aliphatic rings. The van der Waals surface area contributed by atoms with E-state index in [9.17, 15) is 9.90 Å². The maximum Gasteiger partial charge on any atom is 0.257 e. The third-order valence-electron chi connectivity index (χ3n) is 3.67. The Balaban J connectivity index is 1.74. The van der Waals surface area contributed by atoms with Gasteiger partial charge >= 0.3 is 0 Å². The minimum atomic E-state index is -0.171. The van der Waals surface area contributed by atoms with E-state index < -0.39 is 0 Å². The van der Waals surface area contributed by atoms with Crippen molar-refractivity contribution in [3.05, 3.63) is 46.7 Å². The van der Waals surface area contributed by atoms with Crippen molar-refractivity contribution in [1.29, 1.82) is 0 Å². The van der Waals surface area contributed by atoms with Gasteiger partial charge in [0.05, 0.1) is 7.11 Å². The molecule has 0 bridgehead atoms. The van der Waals surface area contributed by atoms with E-state index in [4.69, 9.17) is 9.47 Å². The molecule has 6 heteroatoms. The van der Waals surface area contributed by atoms with Gasteiger partial charge in [0, 0.05) is 18.0 Å². The lowest BCUT2D eigenvalue weighted by molar-refractivity contribution is -0.123. The Kier molecular flexibility index (Phi) is 7.58. The van der Waals surface area contributed by atoms with Crippen LogP contribution in [0.25, 0.3) is 0 Å². The lowest BCUT2D eigenvalue weighted by Gasteiger charge is -2.15. The number of amides is 1. The molecule has 1 atom stereocenters. The van der Waals surface area contributed by atoms with E-state index in [0.29, 0.717) is 24.5 Å². The number of carbonyl (C=O) groups excluding carboxylic acids is 1. The molecule has 24 heavy (non-hydrogen) atoms. The summed E-state index contributed by atoms with van der Waals surface area (Å²) in [5.74, 6) is 1.25. The average molecular weight is 349 g/mol. The molecule has 0 unspecified atom stereocenters. The number of carbonyl (C=O) groups is 1. The molecule has 0 radical (unpaired) electrons. The minimum absolute atomic E-state index is 0.0515. The smallest absolute Gasteiger partial charge is 0.257 e. The molecule has 1 aromatic heterocycles. The zero-order chi connectivity index (χ0) is 17.2. The summed E-state index contributed by atoms with van der Waals surface area (Å²) in [6.45, 7) is 0.647. The van der Waals surface area contributed by atoms with E-state index in [-0.39, 0.29) is 25.0 Å². The molecule has 1 amide bonds. The van der Waals surface area contributed by atoms with Gasteiger partial charge in [0.2, 0.25) is 0 Å². The van der Waals surface area contributed by atoms with Crippen LogP contribution in [0.4, 0.5) is 0 Å². The van der Waals surface area contributed by atoms with Gasteiger partial charge in [-0.25, -0.2) is 0 Å². The first-order valence-corrected chi connectivity index (χ1v) is 8.79. The van der Waals surface area contributed by atoms with Crippen molar-refractivity contribution >= 4 is 17.2 Å². The number of rotatable bonds is 10.